The average Bonchev–Trinajstić information content (AvgIpc) is 2.57. The van der Waals surface area contributed by atoms with Crippen molar-refractivity contribution in [2.24, 2.45) is 5.92 Å². The van der Waals surface area contributed by atoms with Gasteiger partial charge in [0.1, 0.15) is 0 Å². The minimum Gasteiger partial charge on any atom is -0.340 e. The van der Waals surface area contributed by atoms with Crippen molar-refractivity contribution in [1.82, 2.24) is 4.90 Å². The van der Waals surface area contributed by atoms with Crippen LogP contribution in [0.5, 0.6) is 0 Å². The minimum atomic E-state index is -0.129. The highest BCUT2D eigenvalue weighted by Gasteiger charge is 2.16. The average molecular weight is 236 g/mol. The number of rotatable bonds is 3. The topological polar surface area (TPSA) is 44.1 Å². The molecule has 1 aromatic rings. The molecule has 4 heteroatoms. The molecule has 16 heavy (non-hydrogen) atoms. The van der Waals surface area contributed by atoms with Gasteiger partial charge >= 0.3 is 0 Å². The number of carbonyl (C=O) groups excluding carboxylic acids is 1. The molecule has 0 fully saturated rings. The summed E-state index contributed by atoms with van der Waals surface area (Å²) in [4.78, 5) is 15.5. The largest absolute Gasteiger partial charge is 0.340 e. The van der Waals surface area contributed by atoms with E-state index in [4.69, 9.17) is 5.26 Å². The highest BCUT2D eigenvalue weighted by Crippen LogP contribution is 2.21. The van der Waals surface area contributed by atoms with Crippen LogP contribution in [0.1, 0.15) is 27.0 Å². The van der Waals surface area contributed by atoms with Gasteiger partial charge in [-0.1, -0.05) is 0 Å². The normalized spacial score (nSPS) is 11.9. The van der Waals surface area contributed by atoms with Crippen molar-refractivity contribution in [3.8, 4) is 6.07 Å². The summed E-state index contributed by atoms with van der Waals surface area (Å²) >= 11 is 1.51. The summed E-state index contributed by atoms with van der Waals surface area (Å²) in [7, 11) is 1.74. The maximum atomic E-state index is 12.0. The van der Waals surface area contributed by atoms with Crippen LogP contribution in [0.2, 0.25) is 0 Å². The molecule has 0 N–H and O–H groups in total. The first kappa shape index (κ1) is 12.7. The smallest absolute Gasteiger partial charge is 0.263 e. The third-order valence-corrected chi connectivity index (χ3v) is 3.63. The van der Waals surface area contributed by atoms with Gasteiger partial charge in [0.15, 0.2) is 0 Å². The summed E-state index contributed by atoms with van der Waals surface area (Å²) in [6.45, 7) is 6.30. The highest BCUT2D eigenvalue weighted by molar-refractivity contribution is 7.14. The maximum absolute atomic E-state index is 12.0. The van der Waals surface area contributed by atoms with Crippen LogP contribution in [0.3, 0.4) is 0 Å². The van der Waals surface area contributed by atoms with Gasteiger partial charge in [-0.2, -0.15) is 5.26 Å². The van der Waals surface area contributed by atoms with Gasteiger partial charge < -0.3 is 4.90 Å². The van der Waals surface area contributed by atoms with Crippen molar-refractivity contribution >= 4 is 17.2 Å². The fourth-order valence-electron chi connectivity index (χ4n) is 1.40. The molecule has 0 aliphatic heterocycles. The van der Waals surface area contributed by atoms with E-state index in [2.05, 4.69) is 6.07 Å². The molecule has 86 valence electrons. The Labute approximate surface area is 100 Å². The lowest BCUT2D eigenvalue weighted by Gasteiger charge is -2.17. The van der Waals surface area contributed by atoms with Crippen LogP contribution < -0.4 is 0 Å². The third kappa shape index (κ3) is 2.83. The zero-order valence-electron chi connectivity index (χ0n) is 10.1. The Hall–Kier alpha value is -1.34. The second kappa shape index (κ2) is 5.13. The van der Waals surface area contributed by atoms with Crippen molar-refractivity contribution in [2.75, 3.05) is 13.6 Å². The Kier molecular flexibility index (Phi) is 4.08. The molecule has 0 spiro atoms. The Balaban J connectivity index is 2.75. The van der Waals surface area contributed by atoms with E-state index in [1.165, 1.54) is 16.2 Å². The summed E-state index contributed by atoms with van der Waals surface area (Å²) < 4.78 is 0. The molecule has 0 radical (unpaired) electrons. The maximum Gasteiger partial charge on any atom is 0.263 e. The molecule has 0 bridgehead atoms. The first-order valence-corrected chi connectivity index (χ1v) is 5.99. The van der Waals surface area contributed by atoms with E-state index in [9.17, 15) is 4.79 Å². The quantitative estimate of drug-likeness (QED) is 0.809. The molecule has 0 aromatic carbocycles. The van der Waals surface area contributed by atoms with Gasteiger partial charge in [-0.3, -0.25) is 4.79 Å². The second-order valence-corrected chi connectivity index (χ2v) is 5.32. The molecule has 1 atom stereocenters. The van der Waals surface area contributed by atoms with E-state index in [1.54, 1.807) is 11.9 Å². The molecular weight excluding hydrogens is 220 g/mol. The van der Waals surface area contributed by atoms with Crippen molar-refractivity contribution in [1.29, 1.82) is 5.26 Å². The zero-order chi connectivity index (χ0) is 12.3. The second-order valence-electron chi connectivity index (χ2n) is 4.07. The molecule has 1 unspecified atom stereocenters. The predicted molar refractivity (Wildman–Crippen MR) is 65.5 cm³/mol. The van der Waals surface area contributed by atoms with Crippen LogP contribution in [-0.2, 0) is 0 Å². The van der Waals surface area contributed by atoms with Crippen LogP contribution in [0.15, 0.2) is 6.07 Å². The molecule has 1 rings (SSSR count). The SMILES string of the molecule is Cc1cc(C(=O)N(C)CC(C)C#N)sc1C. The summed E-state index contributed by atoms with van der Waals surface area (Å²) in [6.07, 6.45) is 0. The summed E-state index contributed by atoms with van der Waals surface area (Å²) in [6, 6.07) is 4.04. The van der Waals surface area contributed by atoms with Gasteiger partial charge in [0.2, 0.25) is 0 Å². The number of nitrogens with zero attached hydrogens (tertiary/aromatic N) is 2. The van der Waals surface area contributed by atoms with E-state index >= 15 is 0 Å². The van der Waals surface area contributed by atoms with E-state index in [-0.39, 0.29) is 11.8 Å². The molecule has 1 heterocycles. The standard InChI is InChI=1S/C12H16N2OS/c1-8(6-13)7-14(4)12(15)11-5-9(2)10(3)16-11/h5,8H,7H2,1-4H3. The Morgan fingerprint density at radius 3 is 2.69 bits per heavy atom. The lowest BCUT2D eigenvalue weighted by molar-refractivity contribution is 0.0790. The molecule has 3 nitrogen and oxygen atoms in total. The van der Waals surface area contributed by atoms with Gasteiger partial charge in [0.05, 0.1) is 16.9 Å². The molecule has 0 aliphatic carbocycles. The minimum absolute atomic E-state index is 0.00306. The molecule has 0 saturated carbocycles. The Morgan fingerprint density at radius 1 is 1.62 bits per heavy atom. The number of amides is 1. The van der Waals surface area contributed by atoms with Gasteiger partial charge in [-0.15, -0.1) is 11.3 Å². The summed E-state index contributed by atoms with van der Waals surface area (Å²) in [5.74, 6) is -0.126. The number of hydrogen-bond acceptors (Lipinski definition) is 3. The van der Waals surface area contributed by atoms with E-state index < -0.39 is 0 Å². The van der Waals surface area contributed by atoms with Crippen molar-refractivity contribution < 1.29 is 4.79 Å². The molecular formula is C12H16N2OS. The van der Waals surface area contributed by atoms with Crippen LogP contribution >= 0.6 is 11.3 Å². The molecule has 1 aromatic heterocycles. The van der Waals surface area contributed by atoms with Crippen LogP contribution in [0, 0.1) is 31.1 Å². The van der Waals surface area contributed by atoms with E-state index in [0.717, 1.165) is 10.4 Å². The molecule has 1 amide bonds. The van der Waals surface area contributed by atoms with Gasteiger partial charge in [0.25, 0.3) is 5.91 Å². The fraction of sp³-hybridized carbons (Fsp3) is 0.500. The fourth-order valence-corrected chi connectivity index (χ4v) is 2.43. The third-order valence-electron chi connectivity index (χ3n) is 2.49. The van der Waals surface area contributed by atoms with Crippen LogP contribution in [-0.4, -0.2) is 24.4 Å². The number of aryl methyl sites for hydroxylation is 2. The lowest BCUT2D eigenvalue weighted by Crippen LogP contribution is -2.30. The lowest BCUT2D eigenvalue weighted by atomic mass is 10.2. The monoisotopic (exact) mass is 236 g/mol. The number of carbonyl (C=O) groups is 1. The van der Waals surface area contributed by atoms with Crippen LogP contribution in [0.25, 0.3) is 0 Å². The summed E-state index contributed by atoms with van der Waals surface area (Å²) in [5, 5.41) is 8.70. The summed E-state index contributed by atoms with van der Waals surface area (Å²) in [5.41, 5.74) is 1.15. The first-order valence-electron chi connectivity index (χ1n) is 5.17. The van der Waals surface area contributed by atoms with E-state index in [0.29, 0.717) is 6.54 Å². The predicted octanol–water partition coefficient (Wildman–Crippen LogP) is 2.60. The zero-order valence-corrected chi connectivity index (χ0v) is 10.9. The van der Waals surface area contributed by atoms with Crippen molar-refractivity contribution in [3.05, 3.63) is 21.4 Å². The highest BCUT2D eigenvalue weighted by atomic mass is 32.1. The van der Waals surface area contributed by atoms with Gasteiger partial charge in [0, 0.05) is 18.5 Å². The van der Waals surface area contributed by atoms with Crippen molar-refractivity contribution in [2.45, 2.75) is 20.8 Å². The van der Waals surface area contributed by atoms with Gasteiger partial charge in [-0.05, 0) is 32.4 Å². The Morgan fingerprint density at radius 2 is 2.25 bits per heavy atom. The van der Waals surface area contributed by atoms with Crippen LogP contribution in [0.4, 0.5) is 0 Å². The molecule has 0 saturated heterocycles. The van der Waals surface area contributed by atoms with E-state index in [1.807, 2.05) is 26.8 Å². The number of thiophene rings is 1. The van der Waals surface area contributed by atoms with Crippen molar-refractivity contribution in [3.63, 3.8) is 0 Å². The van der Waals surface area contributed by atoms with Gasteiger partial charge in [-0.25, -0.2) is 0 Å². The first-order chi connectivity index (χ1) is 7.45. The number of hydrogen-bond donors (Lipinski definition) is 0. The Bertz CT molecular complexity index is 411. The molecule has 0 aliphatic rings. The number of nitriles is 1.